The van der Waals surface area contributed by atoms with Gasteiger partial charge in [-0.3, -0.25) is 9.59 Å². The van der Waals surface area contributed by atoms with Crippen molar-refractivity contribution in [2.75, 3.05) is 0 Å². The van der Waals surface area contributed by atoms with E-state index in [0.717, 1.165) is 32.1 Å². The van der Waals surface area contributed by atoms with Crippen LogP contribution in [0.3, 0.4) is 0 Å². The molecule has 0 spiro atoms. The van der Waals surface area contributed by atoms with Crippen LogP contribution in [0.1, 0.15) is 72.6 Å². The fraction of sp³-hybridized carbons (Fsp3) is 0.826. The molecule has 0 radical (unpaired) electrons. The SMILES string of the molecule is CC(=O)O[C@@H]1CC[C@@]2(C)C(=CC[C@H]3[C@H]4C[C@@]5(C(C)=O)O[C@H]5[C@@]4(C)CC[C@H]32)C1. The molecule has 1 heterocycles. The Morgan fingerprint density at radius 3 is 2.63 bits per heavy atom. The van der Waals surface area contributed by atoms with Gasteiger partial charge in [0.05, 0.1) is 0 Å². The van der Waals surface area contributed by atoms with Gasteiger partial charge in [0.25, 0.3) is 0 Å². The Hall–Kier alpha value is -1.16. The number of carbonyl (C=O) groups is 2. The molecule has 0 aromatic carbocycles. The Morgan fingerprint density at radius 1 is 1.15 bits per heavy atom. The molecular formula is C23H32O4. The second-order valence-corrected chi connectivity index (χ2v) is 10.4. The minimum absolute atomic E-state index is 0.0562. The van der Waals surface area contributed by atoms with Gasteiger partial charge >= 0.3 is 5.97 Å². The zero-order valence-corrected chi connectivity index (χ0v) is 17.0. The molecule has 1 saturated heterocycles. The molecule has 5 rings (SSSR count). The molecule has 1 aliphatic heterocycles. The van der Waals surface area contributed by atoms with Crippen LogP contribution < -0.4 is 0 Å². The summed E-state index contributed by atoms with van der Waals surface area (Å²) in [6.07, 6.45) is 10.1. The Kier molecular flexibility index (Phi) is 3.62. The number of Topliss-reactive ketones (excluding diaryl/α,β-unsaturated/α-hetero) is 1. The molecule has 0 aromatic heterocycles. The molecule has 0 aromatic rings. The summed E-state index contributed by atoms with van der Waals surface area (Å²) < 4.78 is 11.6. The Labute approximate surface area is 162 Å². The number of rotatable bonds is 2. The molecule has 0 unspecified atom stereocenters. The lowest BCUT2D eigenvalue weighted by Gasteiger charge is -2.57. The first kappa shape index (κ1) is 17.9. The van der Waals surface area contributed by atoms with E-state index in [0.29, 0.717) is 17.8 Å². The van der Waals surface area contributed by atoms with E-state index in [1.807, 2.05) is 0 Å². The van der Waals surface area contributed by atoms with Crippen molar-refractivity contribution in [2.45, 2.75) is 90.4 Å². The summed E-state index contributed by atoms with van der Waals surface area (Å²) in [6.45, 7) is 8.07. The normalized spacial score (nSPS) is 52.6. The summed E-state index contributed by atoms with van der Waals surface area (Å²) in [6, 6.07) is 0. The van der Waals surface area contributed by atoms with Crippen LogP contribution >= 0.6 is 0 Å². The van der Waals surface area contributed by atoms with Crippen molar-refractivity contribution in [3.05, 3.63) is 11.6 Å². The van der Waals surface area contributed by atoms with Gasteiger partial charge in [0.2, 0.25) is 0 Å². The molecular weight excluding hydrogens is 340 g/mol. The van der Waals surface area contributed by atoms with Gasteiger partial charge in [-0.25, -0.2) is 0 Å². The van der Waals surface area contributed by atoms with Crippen LogP contribution in [0.2, 0.25) is 0 Å². The topological polar surface area (TPSA) is 55.9 Å². The summed E-state index contributed by atoms with van der Waals surface area (Å²) in [4.78, 5) is 23.7. The van der Waals surface area contributed by atoms with E-state index in [9.17, 15) is 9.59 Å². The molecule has 4 fully saturated rings. The molecule has 5 aliphatic rings. The van der Waals surface area contributed by atoms with Gasteiger partial charge in [0, 0.05) is 18.8 Å². The van der Waals surface area contributed by atoms with Crippen molar-refractivity contribution in [2.24, 2.45) is 28.6 Å². The maximum atomic E-state index is 12.3. The van der Waals surface area contributed by atoms with E-state index in [-0.39, 0.29) is 34.8 Å². The van der Waals surface area contributed by atoms with Crippen LogP contribution in [-0.2, 0) is 19.1 Å². The lowest BCUT2D eigenvalue weighted by Crippen LogP contribution is -2.51. The summed E-state index contributed by atoms with van der Waals surface area (Å²) in [5.41, 5.74) is 1.47. The molecule has 0 N–H and O–H groups in total. The monoisotopic (exact) mass is 372 g/mol. The van der Waals surface area contributed by atoms with Crippen LogP contribution in [0.4, 0.5) is 0 Å². The first-order chi connectivity index (χ1) is 12.7. The second-order valence-electron chi connectivity index (χ2n) is 10.4. The summed E-state index contributed by atoms with van der Waals surface area (Å²) in [7, 11) is 0. The van der Waals surface area contributed by atoms with Gasteiger partial charge in [0.15, 0.2) is 11.4 Å². The molecule has 3 saturated carbocycles. The van der Waals surface area contributed by atoms with Crippen LogP contribution in [0.25, 0.3) is 0 Å². The van der Waals surface area contributed by atoms with E-state index in [4.69, 9.17) is 9.47 Å². The predicted molar refractivity (Wildman–Crippen MR) is 101 cm³/mol. The number of hydrogen-bond acceptors (Lipinski definition) is 4. The smallest absolute Gasteiger partial charge is 0.302 e. The minimum atomic E-state index is -0.452. The van der Waals surface area contributed by atoms with Gasteiger partial charge < -0.3 is 9.47 Å². The highest BCUT2D eigenvalue weighted by Crippen LogP contribution is 2.72. The van der Waals surface area contributed by atoms with Gasteiger partial charge in [-0.15, -0.1) is 0 Å². The molecule has 4 heteroatoms. The van der Waals surface area contributed by atoms with Crippen molar-refractivity contribution >= 4 is 11.8 Å². The maximum Gasteiger partial charge on any atom is 0.302 e. The number of ether oxygens (including phenoxy) is 2. The highest BCUT2D eigenvalue weighted by Gasteiger charge is 2.77. The van der Waals surface area contributed by atoms with Crippen LogP contribution in [0, 0.1) is 28.6 Å². The number of epoxide rings is 1. The quantitative estimate of drug-likeness (QED) is 0.414. The fourth-order valence-electron chi connectivity index (χ4n) is 7.76. The Balaban J connectivity index is 1.42. The molecule has 8 atom stereocenters. The number of hydrogen-bond donors (Lipinski definition) is 0. The third-order valence-corrected chi connectivity index (χ3v) is 9.24. The van der Waals surface area contributed by atoms with E-state index in [2.05, 4.69) is 19.9 Å². The first-order valence-electron chi connectivity index (χ1n) is 10.8. The molecule has 0 bridgehead atoms. The molecule has 4 nitrogen and oxygen atoms in total. The highest BCUT2D eigenvalue weighted by molar-refractivity contribution is 5.89. The zero-order chi connectivity index (χ0) is 19.2. The average Bonchev–Trinajstić information content (AvgIpc) is 3.28. The molecule has 0 amide bonds. The number of carbonyl (C=O) groups excluding carboxylic acids is 2. The lowest BCUT2D eigenvalue weighted by atomic mass is 9.48. The number of fused-ring (bicyclic) bond motifs is 7. The van der Waals surface area contributed by atoms with Crippen LogP contribution in [-0.4, -0.2) is 29.6 Å². The van der Waals surface area contributed by atoms with Crippen molar-refractivity contribution in [1.82, 2.24) is 0 Å². The predicted octanol–water partition coefficient (Wildman–Crippen LogP) is 4.22. The number of allylic oxidation sites excluding steroid dienone is 1. The van der Waals surface area contributed by atoms with Crippen molar-refractivity contribution in [3.63, 3.8) is 0 Å². The van der Waals surface area contributed by atoms with Crippen molar-refractivity contribution < 1.29 is 19.1 Å². The molecule has 4 aliphatic carbocycles. The lowest BCUT2D eigenvalue weighted by molar-refractivity contribution is -0.148. The average molecular weight is 373 g/mol. The molecule has 27 heavy (non-hydrogen) atoms. The van der Waals surface area contributed by atoms with E-state index in [1.54, 1.807) is 6.92 Å². The van der Waals surface area contributed by atoms with E-state index < -0.39 is 5.60 Å². The Bertz CT molecular complexity index is 741. The standard InChI is InChI=1S/C23H32O4/c1-13(24)23-12-19-17-6-5-15-11-16(26-14(2)25)7-9-21(15,3)18(17)8-10-22(19,4)20(23)27-23/h5,16-20H,6-12H2,1-4H3/t16-,17-,18-,19-,20+,21+,22+,23+/m1/s1. The summed E-state index contributed by atoms with van der Waals surface area (Å²) >= 11 is 0. The van der Waals surface area contributed by atoms with Gasteiger partial charge in [0.1, 0.15) is 12.2 Å². The van der Waals surface area contributed by atoms with Gasteiger partial charge in [-0.2, -0.15) is 0 Å². The molecule has 148 valence electrons. The fourth-order valence-corrected chi connectivity index (χ4v) is 7.76. The summed E-state index contributed by atoms with van der Waals surface area (Å²) in [5, 5.41) is 0. The minimum Gasteiger partial charge on any atom is -0.462 e. The van der Waals surface area contributed by atoms with E-state index >= 15 is 0 Å². The van der Waals surface area contributed by atoms with Crippen molar-refractivity contribution in [3.8, 4) is 0 Å². The van der Waals surface area contributed by atoms with Gasteiger partial charge in [-0.05, 0) is 68.6 Å². The van der Waals surface area contributed by atoms with Crippen molar-refractivity contribution in [1.29, 1.82) is 0 Å². The zero-order valence-electron chi connectivity index (χ0n) is 17.0. The van der Waals surface area contributed by atoms with Crippen LogP contribution in [0.15, 0.2) is 11.6 Å². The number of ketones is 1. The second kappa shape index (κ2) is 5.46. The third-order valence-electron chi connectivity index (χ3n) is 9.24. The van der Waals surface area contributed by atoms with Crippen LogP contribution in [0.5, 0.6) is 0 Å². The Morgan fingerprint density at radius 2 is 1.93 bits per heavy atom. The van der Waals surface area contributed by atoms with E-state index in [1.165, 1.54) is 25.3 Å². The highest BCUT2D eigenvalue weighted by atomic mass is 16.6. The first-order valence-corrected chi connectivity index (χ1v) is 10.8. The largest absolute Gasteiger partial charge is 0.462 e. The summed E-state index contributed by atoms with van der Waals surface area (Å²) in [5.74, 6) is 2.02. The maximum absolute atomic E-state index is 12.3. The van der Waals surface area contributed by atoms with Gasteiger partial charge in [-0.1, -0.05) is 25.5 Å². The number of esters is 1. The third kappa shape index (κ3) is 2.25.